The first-order chi connectivity index (χ1) is 11.3. The summed E-state index contributed by atoms with van der Waals surface area (Å²) < 4.78 is 5.28. The van der Waals surface area contributed by atoms with Crippen molar-refractivity contribution in [3.8, 4) is 5.75 Å². The van der Waals surface area contributed by atoms with E-state index < -0.39 is 5.97 Å². The van der Waals surface area contributed by atoms with Crippen LogP contribution < -0.4 is 4.74 Å². The molecule has 0 aliphatic carbocycles. The summed E-state index contributed by atoms with van der Waals surface area (Å²) >= 11 is 0. The zero-order valence-corrected chi connectivity index (χ0v) is 12.3. The van der Waals surface area contributed by atoms with Gasteiger partial charge in [-0.3, -0.25) is 0 Å². The minimum atomic E-state index is -0.400. The molecule has 3 rings (SSSR count). The Labute approximate surface area is 134 Å². The van der Waals surface area contributed by atoms with Gasteiger partial charge in [-0.2, -0.15) is 10.2 Å². The van der Waals surface area contributed by atoms with Crippen LogP contribution in [0.5, 0.6) is 5.75 Å². The highest BCUT2D eigenvalue weighted by Crippen LogP contribution is 2.19. The van der Waals surface area contributed by atoms with Gasteiger partial charge in [-0.25, -0.2) is 4.79 Å². The van der Waals surface area contributed by atoms with Crippen LogP contribution in [0.2, 0.25) is 0 Å². The van der Waals surface area contributed by atoms with Gasteiger partial charge in [-0.15, -0.1) is 0 Å². The number of hydrogen-bond donors (Lipinski definition) is 0. The highest BCUT2D eigenvalue weighted by atomic mass is 16.5. The van der Waals surface area contributed by atoms with Crippen LogP contribution in [0.1, 0.15) is 10.4 Å². The number of hydrogen-bond acceptors (Lipinski definition) is 4. The summed E-state index contributed by atoms with van der Waals surface area (Å²) in [6.07, 6.45) is 0. The van der Waals surface area contributed by atoms with Gasteiger partial charge >= 0.3 is 5.97 Å². The monoisotopic (exact) mass is 302 g/mol. The fraction of sp³-hybridized carbons (Fsp3) is 0. The third kappa shape index (κ3) is 4.11. The van der Waals surface area contributed by atoms with Crippen LogP contribution in [0.25, 0.3) is 0 Å². The molecule has 112 valence electrons. The van der Waals surface area contributed by atoms with Gasteiger partial charge in [0.1, 0.15) is 5.75 Å². The zero-order chi connectivity index (χ0) is 15.9. The Balaban J connectivity index is 1.67. The van der Waals surface area contributed by atoms with Crippen molar-refractivity contribution in [3.05, 3.63) is 90.5 Å². The maximum absolute atomic E-state index is 12.0. The molecule has 23 heavy (non-hydrogen) atoms. The molecule has 0 bridgehead atoms. The van der Waals surface area contributed by atoms with Gasteiger partial charge in [0.05, 0.1) is 16.9 Å². The number of benzene rings is 3. The van der Waals surface area contributed by atoms with E-state index in [0.29, 0.717) is 17.0 Å². The summed E-state index contributed by atoms with van der Waals surface area (Å²) in [5.41, 5.74) is 1.91. The largest absolute Gasteiger partial charge is 0.423 e. The Morgan fingerprint density at radius 3 is 1.78 bits per heavy atom. The van der Waals surface area contributed by atoms with Crippen molar-refractivity contribution in [2.75, 3.05) is 0 Å². The maximum atomic E-state index is 12.0. The van der Waals surface area contributed by atoms with Crippen LogP contribution in [-0.2, 0) is 0 Å². The summed E-state index contributed by atoms with van der Waals surface area (Å²) in [5.74, 6) is 0.119. The van der Waals surface area contributed by atoms with Gasteiger partial charge in [-0.1, -0.05) is 36.4 Å². The van der Waals surface area contributed by atoms with Gasteiger partial charge in [0.15, 0.2) is 0 Å². The molecule has 3 aromatic carbocycles. The first-order valence-corrected chi connectivity index (χ1v) is 7.15. The number of rotatable bonds is 4. The quantitative estimate of drug-likeness (QED) is 0.372. The van der Waals surface area contributed by atoms with E-state index in [-0.39, 0.29) is 0 Å². The number of para-hydroxylation sites is 1. The first-order valence-electron chi connectivity index (χ1n) is 7.15. The Kier molecular flexibility index (Phi) is 4.55. The van der Waals surface area contributed by atoms with E-state index in [9.17, 15) is 4.79 Å². The lowest BCUT2D eigenvalue weighted by Gasteiger charge is -2.03. The van der Waals surface area contributed by atoms with E-state index in [1.807, 2.05) is 48.5 Å². The van der Waals surface area contributed by atoms with E-state index >= 15 is 0 Å². The minimum Gasteiger partial charge on any atom is -0.423 e. The molecule has 4 nitrogen and oxygen atoms in total. The van der Waals surface area contributed by atoms with Crippen molar-refractivity contribution in [1.29, 1.82) is 0 Å². The van der Waals surface area contributed by atoms with Gasteiger partial charge in [0.25, 0.3) is 0 Å². The van der Waals surface area contributed by atoms with Crippen LogP contribution in [0.4, 0.5) is 11.4 Å². The molecule has 0 radical (unpaired) electrons. The highest BCUT2D eigenvalue weighted by Gasteiger charge is 2.07. The standard InChI is InChI=1S/C19H14N2O2/c22-19(23-18-9-5-2-6-10-18)15-11-13-17(14-12-15)21-20-16-7-3-1-4-8-16/h1-14H. The van der Waals surface area contributed by atoms with Crippen LogP contribution in [-0.4, -0.2) is 5.97 Å². The van der Waals surface area contributed by atoms with Crippen molar-refractivity contribution >= 4 is 17.3 Å². The van der Waals surface area contributed by atoms with Gasteiger partial charge in [0, 0.05) is 0 Å². The third-order valence-electron chi connectivity index (χ3n) is 3.09. The fourth-order valence-electron chi connectivity index (χ4n) is 1.93. The third-order valence-corrected chi connectivity index (χ3v) is 3.09. The van der Waals surface area contributed by atoms with Crippen molar-refractivity contribution < 1.29 is 9.53 Å². The molecule has 0 aromatic heterocycles. The summed E-state index contributed by atoms with van der Waals surface area (Å²) in [5, 5.41) is 8.26. The predicted octanol–water partition coefficient (Wildman–Crippen LogP) is 5.32. The average molecular weight is 302 g/mol. The Morgan fingerprint density at radius 2 is 1.17 bits per heavy atom. The van der Waals surface area contributed by atoms with E-state index in [4.69, 9.17) is 4.74 Å². The number of azo groups is 1. The van der Waals surface area contributed by atoms with Gasteiger partial charge in [0.2, 0.25) is 0 Å². The van der Waals surface area contributed by atoms with Crippen LogP contribution in [0.3, 0.4) is 0 Å². The van der Waals surface area contributed by atoms with Gasteiger partial charge in [-0.05, 0) is 48.5 Å². The summed E-state index contributed by atoms with van der Waals surface area (Å²) in [6.45, 7) is 0. The molecule has 0 saturated heterocycles. The second-order valence-corrected chi connectivity index (χ2v) is 4.78. The van der Waals surface area contributed by atoms with Crippen LogP contribution in [0, 0.1) is 0 Å². The van der Waals surface area contributed by atoms with Crippen LogP contribution >= 0.6 is 0 Å². The molecule has 0 spiro atoms. The number of carbonyl (C=O) groups is 1. The zero-order valence-electron chi connectivity index (χ0n) is 12.3. The van der Waals surface area contributed by atoms with Gasteiger partial charge < -0.3 is 4.74 Å². The first kappa shape index (κ1) is 14.7. The molecule has 0 N–H and O–H groups in total. The van der Waals surface area contributed by atoms with E-state index in [2.05, 4.69) is 10.2 Å². The topological polar surface area (TPSA) is 51.0 Å². The van der Waals surface area contributed by atoms with Crippen LogP contribution in [0.15, 0.2) is 95.2 Å². The molecule has 0 saturated carbocycles. The lowest BCUT2D eigenvalue weighted by molar-refractivity contribution is 0.0735. The van der Waals surface area contributed by atoms with Crippen molar-refractivity contribution in [1.82, 2.24) is 0 Å². The molecule has 0 aliphatic rings. The number of ether oxygens (including phenoxy) is 1. The Morgan fingerprint density at radius 1 is 0.652 bits per heavy atom. The normalized spacial score (nSPS) is 10.6. The molecular weight excluding hydrogens is 288 g/mol. The van der Waals surface area contributed by atoms with E-state index in [1.54, 1.807) is 36.4 Å². The molecule has 0 amide bonds. The highest BCUT2D eigenvalue weighted by molar-refractivity contribution is 5.91. The number of esters is 1. The van der Waals surface area contributed by atoms with E-state index in [0.717, 1.165) is 5.69 Å². The smallest absolute Gasteiger partial charge is 0.343 e. The lowest BCUT2D eigenvalue weighted by atomic mass is 10.2. The maximum Gasteiger partial charge on any atom is 0.343 e. The van der Waals surface area contributed by atoms with Crippen molar-refractivity contribution in [2.24, 2.45) is 10.2 Å². The Hall–Kier alpha value is -3.27. The molecule has 0 atom stereocenters. The second kappa shape index (κ2) is 7.13. The number of carbonyl (C=O) groups excluding carboxylic acids is 1. The molecule has 3 aromatic rings. The van der Waals surface area contributed by atoms with E-state index in [1.165, 1.54) is 0 Å². The van der Waals surface area contributed by atoms with Crippen molar-refractivity contribution in [2.45, 2.75) is 0 Å². The molecule has 0 aliphatic heterocycles. The Bertz CT molecular complexity index is 798. The summed E-state index contributed by atoms with van der Waals surface area (Å²) in [7, 11) is 0. The predicted molar refractivity (Wildman–Crippen MR) is 88.5 cm³/mol. The summed E-state index contributed by atoms with van der Waals surface area (Å²) in [6, 6.07) is 25.2. The lowest BCUT2D eigenvalue weighted by Crippen LogP contribution is -2.07. The SMILES string of the molecule is O=C(Oc1ccccc1)c1ccc(N=Nc2ccccc2)cc1. The second-order valence-electron chi connectivity index (χ2n) is 4.78. The fourth-order valence-corrected chi connectivity index (χ4v) is 1.93. The molecule has 4 heteroatoms. The molecule has 0 heterocycles. The number of nitrogens with zero attached hydrogens (tertiary/aromatic N) is 2. The van der Waals surface area contributed by atoms with Crippen molar-refractivity contribution in [3.63, 3.8) is 0 Å². The average Bonchev–Trinajstić information content (AvgIpc) is 2.62. The minimum absolute atomic E-state index is 0.400. The summed E-state index contributed by atoms with van der Waals surface area (Å²) in [4.78, 5) is 12.0. The molecular formula is C19H14N2O2. The molecule has 0 unspecified atom stereocenters. The molecule has 0 fully saturated rings.